The summed E-state index contributed by atoms with van der Waals surface area (Å²) in [5.74, 6) is 2.27. The first-order valence-electron chi connectivity index (χ1n) is 7.79. The van der Waals surface area contributed by atoms with Crippen molar-refractivity contribution in [2.45, 2.75) is 50.8 Å². The van der Waals surface area contributed by atoms with Gasteiger partial charge in [-0.05, 0) is 56.2 Å². The van der Waals surface area contributed by atoms with E-state index in [4.69, 9.17) is 4.74 Å². The van der Waals surface area contributed by atoms with Gasteiger partial charge in [0.25, 0.3) is 0 Å². The molecule has 2 rings (SSSR count). The van der Waals surface area contributed by atoms with E-state index in [1.165, 1.54) is 24.2 Å². The van der Waals surface area contributed by atoms with Crippen LogP contribution >= 0.6 is 11.8 Å². The van der Waals surface area contributed by atoms with E-state index < -0.39 is 0 Å². The summed E-state index contributed by atoms with van der Waals surface area (Å²) in [6, 6.07) is 9.10. The Balaban J connectivity index is 2.12. The van der Waals surface area contributed by atoms with Gasteiger partial charge in [-0.25, -0.2) is 0 Å². The number of thioether (sulfide) groups is 1. The van der Waals surface area contributed by atoms with Crippen LogP contribution in [-0.4, -0.2) is 23.7 Å². The van der Waals surface area contributed by atoms with Crippen LogP contribution in [0.4, 0.5) is 0 Å². The third-order valence-electron chi connectivity index (χ3n) is 3.95. The Bertz CT molecular complexity index is 398. The fourth-order valence-corrected chi connectivity index (χ4v) is 4.32. The van der Waals surface area contributed by atoms with E-state index in [0.717, 1.165) is 25.3 Å². The van der Waals surface area contributed by atoms with Crippen molar-refractivity contribution < 1.29 is 4.74 Å². The van der Waals surface area contributed by atoms with Crippen LogP contribution in [0.2, 0.25) is 0 Å². The lowest BCUT2D eigenvalue weighted by molar-refractivity contribution is 0.317. The van der Waals surface area contributed by atoms with Gasteiger partial charge in [0.15, 0.2) is 0 Å². The van der Waals surface area contributed by atoms with Gasteiger partial charge in [-0.15, -0.1) is 0 Å². The van der Waals surface area contributed by atoms with Crippen molar-refractivity contribution in [3.05, 3.63) is 29.8 Å². The summed E-state index contributed by atoms with van der Waals surface area (Å²) in [7, 11) is 0. The van der Waals surface area contributed by atoms with E-state index in [9.17, 15) is 0 Å². The number of hydrogen-bond acceptors (Lipinski definition) is 3. The molecule has 3 heteroatoms. The second-order valence-corrected chi connectivity index (χ2v) is 7.30. The zero-order chi connectivity index (χ0) is 14.4. The lowest BCUT2D eigenvalue weighted by Crippen LogP contribution is -2.37. The summed E-state index contributed by atoms with van der Waals surface area (Å²) in [5, 5.41) is 3.68. The SMILES string of the molecule is CCCOc1ccc(C(NCC)C2(C)CCCS2)cc1. The first-order chi connectivity index (χ1) is 9.69. The van der Waals surface area contributed by atoms with E-state index >= 15 is 0 Å². The number of hydrogen-bond donors (Lipinski definition) is 1. The largest absolute Gasteiger partial charge is 0.494 e. The number of rotatable bonds is 7. The molecule has 0 aliphatic carbocycles. The molecule has 0 bridgehead atoms. The van der Waals surface area contributed by atoms with Crippen LogP contribution in [-0.2, 0) is 0 Å². The molecular weight excluding hydrogens is 266 g/mol. The zero-order valence-electron chi connectivity index (χ0n) is 12.9. The van der Waals surface area contributed by atoms with Crippen LogP contribution in [0.25, 0.3) is 0 Å². The molecule has 0 amide bonds. The molecule has 0 radical (unpaired) electrons. The Morgan fingerprint density at radius 2 is 2.05 bits per heavy atom. The molecule has 1 saturated heterocycles. The van der Waals surface area contributed by atoms with Gasteiger partial charge in [0, 0.05) is 10.8 Å². The third kappa shape index (κ3) is 3.70. The molecule has 2 atom stereocenters. The minimum absolute atomic E-state index is 0.321. The van der Waals surface area contributed by atoms with Crippen LogP contribution in [0.5, 0.6) is 5.75 Å². The molecular formula is C17H27NOS. The molecule has 1 fully saturated rings. The van der Waals surface area contributed by atoms with E-state index in [2.05, 4.69) is 62.1 Å². The molecule has 1 heterocycles. The van der Waals surface area contributed by atoms with Crippen molar-refractivity contribution in [2.75, 3.05) is 18.9 Å². The summed E-state index contributed by atoms with van der Waals surface area (Å²) >= 11 is 2.11. The molecule has 1 aliphatic rings. The standard InChI is InChI=1S/C17H27NOS/c1-4-12-19-15-9-7-14(8-10-15)16(18-5-2)17(3)11-6-13-20-17/h7-10,16,18H,4-6,11-13H2,1-3H3. The van der Waals surface area contributed by atoms with Crippen molar-refractivity contribution in [1.29, 1.82) is 0 Å². The quantitative estimate of drug-likeness (QED) is 0.804. The highest BCUT2D eigenvalue weighted by molar-refractivity contribution is 8.00. The fourth-order valence-electron chi connectivity index (χ4n) is 2.90. The maximum atomic E-state index is 5.67. The Labute approximate surface area is 127 Å². The van der Waals surface area contributed by atoms with Gasteiger partial charge in [-0.3, -0.25) is 0 Å². The minimum atomic E-state index is 0.321. The van der Waals surface area contributed by atoms with Crippen LogP contribution in [0.3, 0.4) is 0 Å². The van der Waals surface area contributed by atoms with Crippen molar-refractivity contribution in [1.82, 2.24) is 5.32 Å². The Hall–Kier alpha value is -0.670. The highest BCUT2D eigenvalue weighted by Gasteiger charge is 2.38. The minimum Gasteiger partial charge on any atom is -0.494 e. The average Bonchev–Trinajstić information content (AvgIpc) is 2.91. The second-order valence-electron chi connectivity index (χ2n) is 5.67. The number of nitrogens with one attached hydrogen (secondary N) is 1. The maximum absolute atomic E-state index is 5.67. The zero-order valence-corrected chi connectivity index (χ0v) is 13.8. The van der Waals surface area contributed by atoms with Crippen LogP contribution in [0.15, 0.2) is 24.3 Å². The van der Waals surface area contributed by atoms with Crippen molar-refractivity contribution in [2.24, 2.45) is 0 Å². The summed E-state index contributed by atoms with van der Waals surface area (Å²) in [6.07, 6.45) is 3.68. The molecule has 112 valence electrons. The topological polar surface area (TPSA) is 21.3 Å². The third-order valence-corrected chi connectivity index (χ3v) is 5.55. The van der Waals surface area contributed by atoms with E-state index in [-0.39, 0.29) is 0 Å². The number of benzene rings is 1. The molecule has 1 aromatic rings. The smallest absolute Gasteiger partial charge is 0.119 e. The highest BCUT2D eigenvalue weighted by Crippen LogP contribution is 2.46. The molecule has 0 aromatic heterocycles. The maximum Gasteiger partial charge on any atom is 0.119 e. The van der Waals surface area contributed by atoms with E-state index in [0.29, 0.717) is 10.8 Å². The van der Waals surface area contributed by atoms with Gasteiger partial charge < -0.3 is 10.1 Å². The van der Waals surface area contributed by atoms with Gasteiger partial charge in [0.1, 0.15) is 5.75 Å². The molecule has 1 aliphatic heterocycles. The molecule has 20 heavy (non-hydrogen) atoms. The van der Waals surface area contributed by atoms with Crippen LogP contribution in [0, 0.1) is 0 Å². The molecule has 1 N–H and O–H groups in total. The predicted octanol–water partition coefficient (Wildman–Crippen LogP) is 4.41. The average molecular weight is 293 g/mol. The lowest BCUT2D eigenvalue weighted by Gasteiger charge is -2.34. The lowest BCUT2D eigenvalue weighted by atomic mass is 9.90. The van der Waals surface area contributed by atoms with E-state index in [1.807, 2.05) is 0 Å². The molecule has 2 nitrogen and oxygen atoms in total. The van der Waals surface area contributed by atoms with Crippen LogP contribution < -0.4 is 10.1 Å². The van der Waals surface area contributed by atoms with Gasteiger partial charge in [0.05, 0.1) is 6.61 Å². The highest BCUT2D eigenvalue weighted by atomic mass is 32.2. The normalized spacial score (nSPS) is 23.8. The molecule has 2 unspecified atom stereocenters. The summed E-state index contributed by atoms with van der Waals surface area (Å²) in [4.78, 5) is 0. The first kappa shape index (κ1) is 15.7. The van der Waals surface area contributed by atoms with E-state index in [1.54, 1.807) is 0 Å². The molecule has 0 spiro atoms. The van der Waals surface area contributed by atoms with Crippen molar-refractivity contribution in [3.8, 4) is 5.75 Å². The number of ether oxygens (including phenoxy) is 1. The summed E-state index contributed by atoms with van der Waals surface area (Å²) in [6.45, 7) is 8.53. The second kappa shape index (κ2) is 7.37. The Morgan fingerprint density at radius 3 is 2.60 bits per heavy atom. The monoisotopic (exact) mass is 293 g/mol. The first-order valence-corrected chi connectivity index (χ1v) is 8.78. The van der Waals surface area contributed by atoms with Gasteiger partial charge in [-0.2, -0.15) is 11.8 Å². The molecule has 1 aromatic carbocycles. The summed E-state index contributed by atoms with van der Waals surface area (Å²) < 4.78 is 6.00. The van der Waals surface area contributed by atoms with Gasteiger partial charge >= 0.3 is 0 Å². The van der Waals surface area contributed by atoms with Gasteiger partial charge in [-0.1, -0.05) is 26.0 Å². The van der Waals surface area contributed by atoms with Gasteiger partial charge in [0.2, 0.25) is 0 Å². The van der Waals surface area contributed by atoms with Crippen molar-refractivity contribution in [3.63, 3.8) is 0 Å². The predicted molar refractivity (Wildman–Crippen MR) is 88.7 cm³/mol. The fraction of sp³-hybridized carbons (Fsp3) is 0.647. The molecule has 0 saturated carbocycles. The Morgan fingerprint density at radius 1 is 1.30 bits per heavy atom. The Kier molecular flexibility index (Phi) is 5.79. The van der Waals surface area contributed by atoms with Crippen molar-refractivity contribution >= 4 is 11.8 Å². The van der Waals surface area contributed by atoms with Crippen LogP contribution in [0.1, 0.15) is 51.6 Å². The summed E-state index contributed by atoms with van der Waals surface area (Å²) in [5.41, 5.74) is 1.38.